The molecule has 1 rings (SSSR count). The minimum atomic E-state index is -1.39. The molecule has 2 atom stereocenters. The molecule has 1 aromatic heterocycles. The largest absolute Gasteiger partial charge is 0.481 e. The zero-order chi connectivity index (χ0) is 11.4. The third-order valence-corrected chi connectivity index (χ3v) is 1.86. The lowest BCUT2D eigenvalue weighted by molar-refractivity contribution is -0.141. The Hall–Kier alpha value is -1.66. The first-order valence-electron chi connectivity index (χ1n) is 4.30. The molecule has 6 heteroatoms. The van der Waals surface area contributed by atoms with E-state index < -0.39 is 24.6 Å². The number of aliphatic hydroxyl groups is 2. The number of hydrogen-bond donors (Lipinski definition) is 4. The number of aliphatic hydroxyl groups excluding tert-OH is 2. The molecule has 6 nitrogen and oxygen atoms in total. The average molecular weight is 212 g/mol. The van der Waals surface area contributed by atoms with Gasteiger partial charge in [0.25, 0.3) is 0 Å². The second-order valence-electron chi connectivity index (χ2n) is 3.12. The molecule has 0 saturated carbocycles. The summed E-state index contributed by atoms with van der Waals surface area (Å²) in [5.74, 6) is -1.19. The van der Waals surface area contributed by atoms with Crippen LogP contribution < -0.4 is 5.73 Å². The highest BCUT2D eigenvalue weighted by Gasteiger charge is 2.22. The van der Waals surface area contributed by atoms with E-state index in [2.05, 4.69) is 4.98 Å². The Bertz CT molecular complexity index is 356. The normalized spacial score (nSPS) is 14.5. The molecule has 1 heterocycles. The van der Waals surface area contributed by atoms with Gasteiger partial charge in [-0.1, -0.05) is 0 Å². The molecule has 0 radical (unpaired) electrons. The number of aromatic nitrogens is 1. The molecule has 0 spiro atoms. The summed E-state index contributed by atoms with van der Waals surface area (Å²) < 4.78 is 0. The number of pyridine rings is 1. The molecule has 0 amide bonds. The van der Waals surface area contributed by atoms with Crippen molar-refractivity contribution in [3.63, 3.8) is 0 Å². The van der Waals surface area contributed by atoms with Crippen LogP contribution in [-0.4, -0.2) is 32.4 Å². The van der Waals surface area contributed by atoms with Crippen molar-refractivity contribution < 1.29 is 20.1 Å². The summed E-state index contributed by atoms with van der Waals surface area (Å²) in [5.41, 5.74) is 6.00. The quantitative estimate of drug-likeness (QED) is 0.536. The van der Waals surface area contributed by atoms with E-state index in [0.717, 1.165) is 0 Å². The van der Waals surface area contributed by atoms with Crippen LogP contribution in [0.15, 0.2) is 18.3 Å². The van der Waals surface area contributed by atoms with Crippen LogP contribution in [0.1, 0.15) is 18.2 Å². The van der Waals surface area contributed by atoms with E-state index >= 15 is 0 Å². The lowest BCUT2D eigenvalue weighted by Gasteiger charge is -2.15. The first-order valence-corrected chi connectivity index (χ1v) is 4.30. The second kappa shape index (κ2) is 4.72. The summed E-state index contributed by atoms with van der Waals surface area (Å²) in [5, 5.41) is 27.3. The third-order valence-electron chi connectivity index (χ3n) is 1.86. The first kappa shape index (κ1) is 11.4. The van der Waals surface area contributed by atoms with Gasteiger partial charge in [-0.15, -0.1) is 0 Å². The fourth-order valence-corrected chi connectivity index (χ4v) is 1.11. The number of rotatable bonds is 4. The second-order valence-corrected chi connectivity index (χ2v) is 3.12. The third kappa shape index (κ3) is 3.19. The zero-order valence-electron chi connectivity index (χ0n) is 7.87. The summed E-state index contributed by atoms with van der Waals surface area (Å²) in [7, 11) is 0. The van der Waals surface area contributed by atoms with Crippen molar-refractivity contribution in [1.82, 2.24) is 4.98 Å². The minimum absolute atomic E-state index is 0.156. The molecule has 15 heavy (non-hydrogen) atoms. The Kier molecular flexibility index (Phi) is 3.59. The first-order chi connectivity index (χ1) is 7.00. The van der Waals surface area contributed by atoms with Gasteiger partial charge in [0.1, 0.15) is 6.10 Å². The van der Waals surface area contributed by atoms with Gasteiger partial charge in [0.05, 0.1) is 18.2 Å². The number of nitrogens with two attached hydrogens (primary N) is 1. The van der Waals surface area contributed by atoms with Gasteiger partial charge >= 0.3 is 5.97 Å². The van der Waals surface area contributed by atoms with Crippen molar-refractivity contribution in [3.8, 4) is 0 Å². The molecular formula is C9H12N2O4. The Labute approximate surface area is 86.0 Å². The summed E-state index contributed by atoms with van der Waals surface area (Å²) in [6.07, 6.45) is -1.90. The maximum Gasteiger partial charge on any atom is 0.306 e. The molecule has 0 bridgehead atoms. The molecule has 5 N–H and O–H groups in total. The highest BCUT2D eigenvalue weighted by Crippen LogP contribution is 2.18. The molecule has 0 aliphatic carbocycles. The molecule has 2 unspecified atom stereocenters. The lowest BCUT2D eigenvalue weighted by Crippen LogP contribution is -2.22. The molecule has 0 aliphatic rings. The predicted molar refractivity (Wildman–Crippen MR) is 51.9 cm³/mol. The maximum atomic E-state index is 10.3. The van der Waals surface area contributed by atoms with Crippen molar-refractivity contribution in [1.29, 1.82) is 0 Å². The molecule has 82 valence electrons. The van der Waals surface area contributed by atoms with Crippen molar-refractivity contribution in [2.24, 2.45) is 0 Å². The van der Waals surface area contributed by atoms with Gasteiger partial charge in [-0.25, -0.2) is 0 Å². The minimum Gasteiger partial charge on any atom is -0.481 e. The molecule has 0 aliphatic heterocycles. The van der Waals surface area contributed by atoms with Gasteiger partial charge in [0, 0.05) is 11.9 Å². The van der Waals surface area contributed by atoms with Crippen LogP contribution >= 0.6 is 0 Å². The van der Waals surface area contributed by atoms with E-state index in [9.17, 15) is 15.0 Å². The predicted octanol–water partition coefficient (Wildman–Crippen LogP) is -0.467. The Balaban J connectivity index is 2.75. The van der Waals surface area contributed by atoms with E-state index in [4.69, 9.17) is 10.8 Å². The van der Waals surface area contributed by atoms with Crippen LogP contribution in [0, 0.1) is 0 Å². The summed E-state index contributed by atoms with van der Waals surface area (Å²) in [4.78, 5) is 14.1. The molecule has 0 aromatic carbocycles. The Morgan fingerprint density at radius 2 is 2.20 bits per heavy atom. The Morgan fingerprint density at radius 3 is 2.73 bits per heavy atom. The van der Waals surface area contributed by atoms with Gasteiger partial charge in [0.15, 0.2) is 0 Å². The van der Waals surface area contributed by atoms with Crippen LogP contribution in [0.5, 0.6) is 0 Å². The fourth-order valence-electron chi connectivity index (χ4n) is 1.11. The number of carboxylic acid groups (broad SMARTS) is 1. The van der Waals surface area contributed by atoms with Gasteiger partial charge in [-0.2, -0.15) is 0 Å². The number of carbonyl (C=O) groups is 1. The number of aliphatic carboxylic acids is 1. The summed E-state index contributed by atoms with van der Waals surface area (Å²) in [6.45, 7) is 0. The van der Waals surface area contributed by atoms with Gasteiger partial charge < -0.3 is 21.1 Å². The van der Waals surface area contributed by atoms with E-state index in [0.29, 0.717) is 5.69 Å². The zero-order valence-corrected chi connectivity index (χ0v) is 7.87. The molecule has 1 aromatic rings. The van der Waals surface area contributed by atoms with E-state index in [1.54, 1.807) is 0 Å². The fraction of sp³-hybridized carbons (Fsp3) is 0.333. The smallest absolute Gasteiger partial charge is 0.306 e. The van der Waals surface area contributed by atoms with Crippen molar-refractivity contribution in [2.75, 3.05) is 5.73 Å². The number of anilines is 1. The summed E-state index contributed by atoms with van der Waals surface area (Å²) >= 11 is 0. The topological polar surface area (TPSA) is 117 Å². The van der Waals surface area contributed by atoms with Crippen LogP contribution in [-0.2, 0) is 4.79 Å². The van der Waals surface area contributed by atoms with Crippen LogP contribution in [0.3, 0.4) is 0 Å². The summed E-state index contributed by atoms with van der Waals surface area (Å²) in [6, 6.07) is 2.91. The van der Waals surface area contributed by atoms with Crippen molar-refractivity contribution >= 4 is 11.7 Å². The number of nitrogen functional groups attached to an aromatic ring is 1. The molecule has 0 fully saturated rings. The molecular weight excluding hydrogens is 200 g/mol. The van der Waals surface area contributed by atoms with E-state index in [-0.39, 0.29) is 5.69 Å². The van der Waals surface area contributed by atoms with Gasteiger partial charge in [-0.3, -0.25) is 9.78 Å². The molecule has 0 saturated heterocycles. The SMILES string of the molecule is Nc1ccnc(C(O)C(O)CC(=O)O)c1. The highest BCUT2D eigenvalue weighted by atomic mass is 16.4. The van der Waals surface area contributed by atoms with E-state index in [1.807, 2.05) is 0 Å². The van der Waals surface area contributed by atoms with Crippen LogP contribution in [0.2, 0.25) is 0 Å². The van der Waals surface area contributed by atoms with Gasteiger partial charge in [-0.05, 0) is 12.1 Å². The van der Waals surface area contributed by atoms with E-state index in [1.165, 1.54) is 18.3 Å². The van der Waals surface area contributed by atoms with Crippen LogP contribution in [0.4, 0.5) is 5.69 Å². The number of hydrogen-bond acceptors (Lipinski definition) is 5. The monoisotopic (exact) mass is 212 g/mol. The maximum absolute atomic E-state index is 10.3. The van der Waals surface area contributed by atoms with Gasteiger partial charge in [0.2, 0.25) is 0 Å². The van der Waals surface area contributed by atoms with Crippen molar-refractivity contribution in [2.45, 2.75) is 18.6 Å². The standard InChI is InChI=1S/C9H12N2O4/c10-5-1-2-11-6(3-5)9(15)7(12)4-8(13)14/h1-3,7,9,12,15H,4H2,(H2,10,11)(H,13,14). The average Bonchev–Trinajstić information content (AvgIpc) is 2.15. The Morgan fingerprint density at radius 1 is 1.53 bits per heavy atom. The van der Waals surface area contributed by atoms with Crippen molar-refractivity contribution in [3.05, 3.63) is 24.0 Å². The highest BCUT2D eigenvalue weighted by molar-refractivity contribution is 5.67. The lowest BCUT2D eigenvalue weighted by atomic mass is 10.1. The van der Waals surface area contributed by atoms with Crippen LogP contribution in [0.25, 0.3) is 0 Å². The number of carboxylic acids is 1. The number of nitrogens with zero attached hydrogens (tertiary/aromatic N) is 1.